The van der Waals surface area contributed by atoms with E-state index in [4.69, 9.17) is 5.11 Å². The summed E-state index contributed by atoms with van der Waals surface area (Å²) >= 11 is 0. The Morgan fingerprint density at radius 3 is 2.00 bits per heavy atom. The maximum atomic E-state index is 10.2. The summed E-state index contributed by atoms with van der Waals surface area (Å²) in [4.78, 5) is 10.2. The summed E-state index contributed by atoms with van der Waals surface area (Å²) < 4.78 is 0. The van der Waals surface area contributed by atoms with Crippen LogP contribution in [0.15, 0.2) is 30.3 Å². The van der Waals surface area contributed by atoms with E-state index in [-0.39, 0.29) is 41.7 Å². The van der Waals surface area contributed by atoms with E-state index in [0.29, 0.717) is 5.56 Å². The molecule has 0 bridgehead atoms. The van der Waals surface area contributed by atoms with E-state index in [2.05, 4.69) is 0 Å². The van der Waals surface area contributed by atoms with Crippen molar-refractivity contribution in [1.29, 1.82) is 0 Å². The molecule has 1 rings (SSSR count). The van der Waals surface area contributed by atoms with E-state index in [1.165, 1.54) is 0 Å². The van der Waals surface area contributed by atoms with E-state index in [0.717, 1.165) is 0 Å². The van der Waals surface area contributed by atoms with Gasteiger partial charge in [-0.2, -0.15) is 0 Å². The zero-order valence-electron chi connectivity index (χ0n) is 5.24. The SMILES string of the molecule is O=C(O)c1ccccc1.[Ce]. The van der Waals surface area contributed by atoms with Crippen LogP contribution in [-0.4, -0.2) is 11.1 Å². The standard InChI is InChI=1S/C7H6O2.Ce/c8-7(9)6-4-2-1-3-5-6;/h1-5H,(H,8,9);. The van der Waals surface area contributed by atoms with Crippen molar-refractivity contribution in [1.82, 2.24) is 0 Å². The normalized spacial score (nSPS) is 8.00. The molecule has 0 saturated carbocycles. The number of carboxylic acid groups (broad SMARTS) is 1. The Kier molecular flexibility index (Phi) is 4.85. The fraction of sp³-hybridized carbons (Fsp3) is 0. The van der Waals surface area contributed by atoms with Crippen LogP contribution in [0, 0.1) is 41.7 Å². The second kappa shape index (κ2) is 4.82. The summed E-state index contributed by atoms with van der Waals surface area (Å²) in [5.74, 6) is -0.879. The Labute approximate surface area is 92.6 Å². The third kappa shape index (κ3) is 2.77. The largest absolute Gasteiger partial charge is 0.478 e. The minimum Gasteiger partial charge on any atom is -0.478 e. The molecule has 0 amide bonds. The Bertz CT molecular complexity index is 208. The van der Waals surface area contributed by atoms with Gasteiger partial charge in [0.05, 0.1) is 5.56 Å². The fourth-order valence-corrected chi connectivity index (χ4v) is 0.581. The molecule has 50 valence electrons. The van der Waals surface area contributed by atoms with Crippen LogP contribution in [0.3, 0.4) is 0 Å². The van der Waals surface area contributed by atoms with Gasteiger partial charge in [-0.1, -0.05) is 18.2 Å². The quantitative estimate of drug-likeness (QED) is 0.830. The summed E-state index contributed by atoms with van der Waals surface area (Å²) in [5, 5.41) is 8.38. The first-order valence-corrected chi connectivity index (χ1v) is 2.59. The van der Waals surface area contributed by atoms with Gasteiger partial charge in [-0.3, -0.25) is 0 Å². The minimum atomic E-state index is -0.879. The molecule has 1 N–H and O–H groups in total. The fourth-order valence-electron chi connectivity index (χ4n) is 0.581. The molecule has 0 fully saturated rings. The van der Waals surface area contributed by atoms with E-state index in [1.807, 2.05) is 0 Å². The number of carbonyl (C=O) groups is 1. The average Bonchev–Trinajstić information content (AvgIpc) is 1.90. The summed E-state index contributed by atoms with van der Waals surface area (Å²) in [6.07, 6.45) is 0. The van der Waals surface area contributed by atoms with Crippen LogP contribution in [0.25, 0.3) is 0 Å². The molecular weight excluding hydrogens is 256 g/mol. The molecule has 0 aliphatic heterocycles. The van der Waals surface area contributed by atoms with Crippen molar-refractivity contribution in [2.24, 2.45) is 0 Å². The van der Waals surface area contributed by atoms with Crippen LogP contribution in [0.5, 0.6) is 0 Å². The first kappa shape index (κ1) is 10.1. The molecule has 0 atom stereocenters. The second-order valence-electron chi connectivity index (χ2n) is 1.67. The van der Waals surface area contributed by atoms with E-state index in [9.17, 15) is 4.79 Å². The van der Waals surface area contributed by atoms with E-state index in [1.54, 1.807) is 30.3 Å². The maximum Gasteiger partial charge on any atom is 0.335 e. The van der Waals surface area contributed by atoms with Crippen LogP contribution >= 0.6 is 0 Å². The Morgan fingerprint density at radius 1 is 1.20 bits per heavy atom. The van der Waals surface area contributed by atoms with Crippen molar-refractivity contribution in [3.8, 4) is 0 Å². The number of carboxylic acids is 1. The summed E-state index contributed by atoms with van der Waals surface area (Å²) in [5.41, 5.74) is 0.331. The third-order valence-corrected chi connectivity index (χ3v) is 1.02. The van der Waals surface area contributed by atoms with Gasteiger partial charge in [0.15, 0.2) is 0 Å². The van der Waals surface area contributed by atoms with Gasteiger partial charge >= 0.3 is 5.97 Å². The molecule has 1 aromatic rings. The number of aromatic carboxylic acids is 1. The topological polar surface area (TPSA) is 37.3 Å². The van der Waals surface area contributed by atoms with Gasteiger partial charge < -0.3 is 5.11 Å². The Morgan fingerprint density at radius 2 is 1.70 bits per heavy atom. The van der Waals surface area contributed by atoms with Crippen molar-refractivity contribution < 1.29 is 51.6 Å². The average molecular weight is 262 g/mol. The van der Waals surface area contributed by atoms with Crippen molar-refractivity contribution >= 4 is 5.97 Å². The van der Waals surface area contributed by atoms with Gasteiger partial charge in [0.2, 0.25) is 0 Å². The van der Waals surface area contributed by atoms with Gasteiger partial charge in [-0.15, -0.1) is 0 Å². The number of hydrogen-bond donors (Lipinski definition) is 1. The number of hydrogen-bond acceptors (Lipinski definition) is 1. The van der Waals surface area contributed by atoms with Gasteiger partial charge in [0.1, 0.15) is 0 Å². The van der Waals surface area contributed by atoms with Crippen molar-refractivity contribution in [3.63, 3.8) is 0 Å². The Balaban J connectivity index is 0.000000810. The third-order valence-electron chi connectivity index (χ3n) is 1.02. The van der Waals surface area contributed by atoms with Crippen LogP contribution in [0.4, 0.5) is 0 Å². The second-order valence-corrected chi connectivity index (χ2v) is 1.67. The molecular formula is C7H6CeO2. The molecule has 3 heteroatoms. The summed E-state index contributed by atoms with van der Waals surface area (Å²) in [6, 6.07) is 8.30. The maximum absolute atomic E-state index is 10.2. The summed E-state index contributed by atoms with van der Waals surface area (Å²) in [6.45, 7) is 0. The molecule has 0 heterocycles. The molecule has 0 radical (unpaired) electrons. The number of benzene rings is 1. The summed E-state index contributed by atoms with van der Waals surface area (Å²) in [7, 11) is 0. The zero-order chi connectivity index (χ0) is 6.69. The Hall–Kier alpha value is 0.0666. The molecule has 1 aromatic carbocycles. The van der Waals surface area contributed by atoms with Crippen molar-refractivity contribution in [2.45, 2.75) is 0 Å². The van der Waals surface area contributed by atoms with Gasteiger partial charge in [-0.05, 0) is 12.1 Å². The number of rotatable bonds is 1. The predicted octanol–water partition coefficient (Wildman–Crippen LogP) is 1.38. The van der Waals surface area contributed by atoms with Crippen molar-refractivity contribution in [2.75, 3.05) is 0 Å². The molecule has 0 aliphatic rings. The van der Waals surface area contributed by atoms with Crippen LogP contribution in [0.2, 0.25) is 0 Å². The predicted molar refractivity (Wildman–Crippen MR) is 33.4 cm³/mol. The molecule has 0 aromatic heterocycles. The first-order chi connectivity index (χ1) is 4.30. The van der Waals surface area contributed by atoms with Gasteiger partial charge in [0, 0.05) is 41.7 Å². The van der Waals surface area contributed by atoms with Gasteiger partial charge in [0.25, 0.3) is 0 Å². The molecule has 2 nitrogen and oxygen atoms in total. The van der Waals surface area contributed by atoms with Crippen LogP contribution in [0.1, 0.15) is 10.4 Å². The van der Waals surface area contributed by atoms with Crippen LogP contribution in [-0.2, 0) is 0 Å². The van der Waals surface area contributed by atoms with E-state index < -0.39 is 5.97 Å². The van der Waals surface area contributed by atoms with Crippen LogP contribution < -0.4 is 0 Å². The zero-order valence-corrected chi connectivity index (χ0v) is 8.38. The minimum absolute atomic E-state index is 0. The molecule has 0 spiro atoms. The first-order valence-electron chi connectivity index (χ1n) is 2.59. The molecule has 0 saturated heterocycles. The molecule has 10 heavy (non-hydrogen) atoms. The van der Waals surface area contributed by atoms with Gasteiger partial charge in [-0.25, -0.2) is 4.79 Å². The smallest absolute Gasteiger partial charge is 0.335 e. The molecule has 0 unspecified atom stereocenters. The van der Waals surface area contributed by atoms with Crippen molar-refractivity contribution in [3.05, 3.63) is 35.9 Å². The molecule has 0 aliphatic carbocycles. The van der Waals surface area contributed by atoms with E-state index >= 15 is 0 Å². The monoisotopic (exact) mass is 262 g/mol.